The fourth-order valence-corrected chi connectivity index (χ4v) is 6.38. The van der Waals surface area contributed by atoms with Gasteiger partial charge in [-0.3, -0.25) is 19.5 Å². The van der Waals surface area contributed by atoms with E-state index in [9.17, 15) is 14.7 Å². The normalized spacial score (nSPS) is 16.7. The molecule has 1 saturated heterocycles. The summed E-state index contributed by atoms with van der Waals surface area (Å²) in [5.74, 6) is -0.917. The minimum absolute atomic E-state index is 0.0631. The second-order valence-electron chi connectivity index (χ2n) is 8.06. The molecule has 0 saturated carbocycles. The number of aliphatic hydroxyl groups excluding tert-OH is 1. The van der Waals surface area contributed by atoms with Crippen LogP contribution in [0.15, 0.2) is 76.9 Å². The zero-order valence-electron chi connectivity index (χ0n) is 19.7. The number of carbonyl (C=O) groups is 2. The van der Waals surface area contributed by atoms with Gasteiger partial charge in [0.15, 0.2) is 4.34 Å². The van der Waals surface area contributed by atoms with Gasteiger partial charge in [0.1, 0.15) is 11.5 Å². The molecule has 0 bridgehead atoms. The standard InChI is InChI=1S/C26H18Cl2N4O4S2/c1-36-18-4-2-3-15(11-18)21-20(22(33)14-7-9-29-10-8-14)23(34)24(35)32(21)25-30-31-26(38-25)37-13-16-5-6-17(27)12-19(16)28/h2-12,21,33H,13H2,1H3/b22-20+. The van der Waals surface area contributed by atoms with Crippen LogP contribution in [0, 0.1) is 0 Å². The fraction of sp³-hybridized carbons (Fsp3) is 0.115. The summed E-state index contributed by atoms with van der Waals surface area (Å²) < 4.78 is 5.94. The summed E-state index contributed by atoms with van der Waals surface area (Å²) in [4.78, 5) is 31.9. The maximum absolute atomic E-state index is 13.3. The van der Waals surface area contributed by atoms with E-state index in [1.165, 1.54) is 36.2 Å². The third kappa shape index (κ3) is 5.12. The quantitative estimate of drug-likeness (QED) is 0.0903. The van der Waals surface area contributed by atoms with E-state index in [0.717, 1.165) is 16.9 Å². The highest BCUT2D eigenvalue weighted by atomic mass is 35.5. The molecule has 2 aromatic carbocycles. The van der Waals surface area contributed by atoms with Gasteiger partial charge in [0.05, 0.1) is 18.7 Å². The Bertz CT molecular complexity index is 1560. The Balaban J connectivity index is 1.54. The molecule has 1 amide bonds. The molecule has 0 spiro atoms. The van der Waals surface area contributed by atoms with Gasteiger partial charge in [-0.05, 0) is 47.5 Å². The number of halogens is 2. The largest absolute Gasteiger partial charge is 0.507 e. The van der Waals surface area contributed by atoms with Crippen LogP contribution in [-0.4, -0.2) is 39.1 Å². The maximum Gasteiger partial charge on any atom is 0.301 e. The summed E-state index contributed by atoms with van der Waals surface area (Å²) >= 11 is 14.8. The third-order valence-electron chi connectivity index (χ3n) is 5.78. The van der Waals surface area contributed by atoms with Crippen LogP contribution in [0.5, 0.6) is 5.75 Å². The molecule has 1 fully saturated rings. The highest BCUT2D eigenvalue weighted by Crippen LogP contribution is 2.44. The number of nitrogens with zero attached hydrogens (tertiary/aromatic N) is 4. The number of carbonyl (C=O) groups excluding carboxylic acids is 2. The first-order valence-electron chi connectivity index (χ1n) is 11.1. The Kier molecular flexibility index (Phi) is 7.66. The van der Waals surface area contributed by atoms with Crippen LogP contribution in [0.2, 0.25) is 10.0 Å². The Labute approximate surface area is 235 Å². The van der Waals surface area contributed by atoms with E-state index in [4.69, 9.17) is 27.9 Å². The molecule has 12 heteroatoms. The monoisotopic (exact) mass is 584 g/mol. The Morgan fingerprint density at radius 1 is 1.11 bits per heavy atom. The number of benzene rings is 2. The number of aliphatic hydroxyl groups is 1. The second kappa shape index (κ2) is 11.1. The Hall–Kier alpha value is -3.44. The van der Waals surface area contributed by atoms with Crippen LogP contribution >= 0.6 is 46.3 Å². The summed E-state index contributed by atoms with van der Waals surface area (Å²) in [6.45, 7) is 0. The lowest BCUT2D eigenvalue weighted by molar-refractivity contribution is -0.132. The molecular formula is C26H18Cl2N4O4S2. The average molecular weight is 585 g/mol. The number of rotatable bonds is 7. The zero-order valence-corrected chi connectivity index (χ0v) is 22.8. The van der Waals surface area contributed by atoms with Crippen LogP contribution in [0.3, 0.4) is 0 Å². The molecule has 1 atom stereocenters. The number of amides is 1. The number of hydrogen-bond donors (Lipinski definition) is 1. The van der Waals surface area contributed by atoms with Crippen molar-refractivity contribution in [3.63, 3.8) is 0 Å². The summed E-state index contributed by atoms with van der Waals surface area (Å²) in [6, 6.07) is 14.4. The molecule has 1 aliphatic heterocycles. The van der Waals surface area contributed by atoms with Crippen molar-refractivity contribution >= 4 is 68.9 Å². The summed E-state index contributed by atoms with van der Waals surface area (Å²) in [7, 11) is 1.52. The van der Waals surface area contributed by atoms with Gasteiger partial charge in [0.2, 0.25) is 5.13 Å². The number of thioether (sulfide) groups is 1. The van der Waals surface area contributed by atoms with Crippen molar-refractivity contribution < 1.29 is 19.4 Å². The van der Waals surface area contributed by atoms with Crippen LogP contribution in [0.4, 0.5) is 5.13 Å². The number of pyridine rings is 1. The van der Waals surface area contributed by atoms with Gasteiger partial charge < -0.3 is 9.84 Å². The van der Waals surface area contributed by atoms with Gasteiger partial charge in [-0.25, -0.2) is 0 Å². The number of ether oxygens (including phenoxy) is 1. The predicted molar refractivity (Wildman–Crippen MR) is 148 cm³/mol. The van der Waals surface area contributed by atoms with E-state index < -0.39 is 17.7 Å². The van der Waals surface area contributed by atoms with Crippen molar-refractivity contribution in [2.24, 2.45) is 0 Å². The van der Waals surface area contributed by atoms with E-state index in [-0.39, 0.29) is 16.5 Å². The lowest BCUT2D eigenvalue weighted by Crippen LogP contribution is -2.29. The van der Waals surface area contributed by atoms with E-state index in [1.54, 1.807) is 48.5 Å². The van der Waals surface area contributed by atoms with E-state index in [2.05, 4.69) is 15.2 Å². The molecule has 5 rings (SSSR count). The van der Waals surface area contributed by atoms with Crippen molar-refractivity contribution in [1.82, 2.24) is 15.2 Å². The Morgan fingerprint density at radius 3 is 2.63 bits per heavy atom. The molecule has 4 aromatic rings. The van der Waals surface area contributed by atoms with Crippen molar-refractivity contribution in [3.8, 4) is 5.75 Å². The highest BCUT2D eigenvalue weighted by molar-refractivity contribution is 8.00. The van der Waals surface area contributed by atoms with Crippen molar-refractivity contribution in [1.29, 1.82) is 0 Å². The number of aromatic nitrogens is 3. The Morgan fingerprint density at radius 2 is 1.89 bits per heavy atom. The van der Waals surface area contributed by atoms with E-state index in [0.29, 0.717) is 37.0 Å². The molecule has 2 aromatic heterocycles. The van der Waals surface area contributed by atoms with Crippen molar-refractivity contribution in [2.45, 2.75) is 16.1 Å². The van der Waals surface area contributed by atoms with E-state index >= 15 is 0 Å². The van der Waals surface area contributed by atoms with Crippen LogP contribution in [-0.2, 0) is 15.3 Å². The topological polar surface area (TPSA) is 106 Å². The minimum atomic E-state index is -0.949. The van der Waals surface area contributed by atoms with Gasteiger partial charge in [-0.2, -0.15) is 0 Å². The fourth-order valence-electron chi connectivity index (χ4n) is 3.96. The first-order valence-corrected chi connectivity index (χ1v) is 13.7. The zero-order chi connectivity index (χ0) is 26.8. The van der Waals surface area contributed by atoms with Crippen LogP contribution < -0.4 is 9.64 Å². The molecular weight excluding hydrogens is 567 g/mol. The average Bonchev–Trinajstić information content (AvgIpc) is 3.50. The third-order valence-corrected chi connectivity index (χ3v) is 8.47. The molecule has 192 valence electrons. The molecule has 1 N–H and O–H groups in total. The SMILES string of the molecule is COc1cccc(C2/C(=C(\O)c3ccncc3)C(=O)C(=O)N2c2nnc(SCc3ccc(Cl)cc3Cl)s2)c1. The number of methoxy groups -OCH3 is 1. The number of Topliss-reactive ketones (excluding diaryl/α,β-unsaturated/α-hetero) is 1. The van der Waals surface area contributed by atoms with Crippen molar-refractivity contribution in [3.05, 3.63) is 99.3 Å². The summed E-state index contributed by atoms with van der Waals surface area (Å²) in [5, 5.41) is 20.9. The van der Waals surface area contributed by atoms with Gasteiger partial charge in [0.25, 0.3) is 5.78 Å². The van der Waals surface area contributed by atoms with Crippen molar-refractivity contribution in [2.75, 3.05) is 12.0 Å². The second-order valence-corrected chi connectivity index (χ2v) is 11.1. The van der Waals surface area contributed by atoms with Gasteiger partial charge in [-0.1, -0.05) is 64.5 Å². The van der Waals surface area contributed by atoms with E-state index in [1.807, 2.05) is 6.07 Å². The summed E-state index contributed by atoms with van der Waals surface area (Å²) in [6.07, 6.45) is 2.99. The smallest absolute Gasteiger partial charge is 0.301 e. The molecule has 1 aliphatic rings. The number of anilines is 1. The van der Waals surface area contributed by atoms with Crippen LogP contribution in [0.25, 0.3) is 5.76 Å². The molecule has 0 radical (unpaired) electrons. The maximum atomic E-state index is 13.3. The molecule has 1 unspecified atom stereocenters. The molecule has 0 aliphatic carbocycles. The minimum Gasteiger partial charge on any atom is -0.507 e. The first kappa shape index (κ1) is 26.2. The van der Waals surface area contributed by atoms with Gasteiger partial charge >= 0.3 is 5.91 Å². The molecule has 38 heavy (non-hydrogen) atoms. The van der Waals surface area contributed by atoms with Gasteiger partial charge in [0, 0.05) is 33.8 Å². The molecule has 8 nitrogen and oxygen atoms in total. The van der Waals surface area contributed by atoms with Gasteiger partial charge in [-0.15, -0.1) is 10.2 Å². The summed E-state index contributed by atoms with van der Waals surface area (Å²) in [5.41, 5.74) is 1.73. The predicted octanol–water partition coefficient (Wildman–Crippen LogP) is 6.17. The highest BCUT2D eigenvalue weighted by Gasteiger charge is 2.48. The molecule has 3 heterocycles. The lowest BCUT2D eigenvalue weighted by Gasteiger charge is -2.22. The number of ketones is 1. The number of hydrogen-bond acceptors (Lipinski definition) is 9. The lowest BCUT2D eigenvalue weighted by atomic mass is 9.95. The van der Waals surface area contributed by atoms with Crippen LogP contribution in [0.1, 0.15) is 22.7 Å². The first-order chi connectivity index (χ1) is 18.4.